The first-order chi connectivity index (χ1) is 15.0. The van der Waals surface area contributed by atoms with Crippen molar-refractivity contribution in [2.45, 2.75) is 6.18 Å². The lowest BCUT2D eigenvalue weighted by Gasteiger charge is -2.37. The fourth-order valence-electron chi connectivity index (χ4n) is 3.20. The summed E-state index contributed by atoms with van der Waals surface area (Å²) in [5.41, 5.74) is 0.282. The molecule has 8 nitrogen and oxygen atoms in total. The minimum Gasteiger partial charge on any atom is -0.366 e. The Morgan fingerprint density at radius 2 is 1.69 bits per heavy atom. The van der Waals surface area contributed by atoms with E-state index in [0.717, 1.165) is 11.0 Å². The number of carbonyl (C=O) groups excluding carboxylic acids is 2. The van der Waals surface area contributed by atoms with Crippen LogP contribution >= 0.6 is 23.2 Å². The van der Waals surface area contributed by atoms with Gasteiger partial charge in [-0.25, -0.2) is 0 Å². The topological polar surface area (TPSA) is 95.8 Å². The molecule has 2 amide bonds. The number of nitro groups is 1. The van der Waals surface area contributed by atoms with Gasteiger partial charge < -0.3 is 15.1 Å². The molecule has 32 heavy (non-hydrogen) atoms. The predicted molar refractivity (Wildman–Crippen MR) is 112 cm³/mol. The van der Waals surface area contributed by atoms with Gasteiger partial charge in [0.15, 0.2) is 0 Å². The molecule has 1 fully saturated rings. The zero-order valence-corrected chi connectivity index (χ0v) is 17.7. The molecule has 0 saturated carbocycles. The Morgan fingerprint density at radius 3 is 2.28 bits per heavy atom. The van der Waals surface area contributed by atoms with Gasteiger partial charge in [0, 0.05) is 42.8 Å². The van der Waals surface area contributed by atoms with Crippen LogP contribution in [-0.4, -0.2) is 54.0 Å². The van der Waals surface area contributed by atoms with E-state index in [-0.39, 0.29) is 47.5 Å². The van der Waals surface area contributed by atoms with Gasteiger partial charge in [0.1, 0.15) is 5.02 Å². The number of hydrogen-bond donors (Lipinski definition) is 1. The van der Waals surface area contributed by atoms with Crippen molar-refractivity contribution in [1.82, 2.24) is 4.90 Å². The second kappa shape index (κ2) is 9.21. The van der Waals surface area contributed by atoms with Crippen molar-refractivity contribution >= 4 is 52.1 Å². The molecule has 0 aliphatic carbocycles. The quantitative estimate of drug-likeness (QED) is 0.507. The van der Waals surface area contributed by atoms with Gasteiger partial charge in [-0.15, -0.1) is 0 Å². The van der Waals surface area contributed by atoms with E-state index < -0.39 is 28.6 Å². The average Bonchev–Trinajstić information content (AvgIpc) is 2.73. The molecule has 2 aromatic rings. The molecule has 0 unspecified atom stereocenters. The highest BCUT2D eigenvalue weighted by molar-refractivity contribution is 6.33. The van der Waals surface area contributed by atoms with Crippen molar-refractivity contribution in [1.29, 1.82) is 0 Å². The van der Waals surface area contributed by atoms with E-state index in [2.05, 4.69) is 5.32 Å². The van der Waals surface area contributed by atoms with Crippen LogP contribution in [0.5, 0.6) is 0 Å². The van der Waals surface area contributed by atoms with E-state index >= 15 is 0 Å². The first-order valence-corrected chi connectivity index (χ1v) is 9.89. The number of anilines is 2. The molecule has 0 spiro atoms. The molecule has 1 N–H and O–H groups in total. The molecule has 13 heteroatoms. The van der Waals surface area contributed by atoms with Crippen molar-refractivity contribution in [2.75, 3.05) is 36.4 Å². The van der Waals surface area contributed by atoms with Crippen molar-refractivity contribution in [2.24, 2.45) is 0 Å². The summed E-state index contributed by atoms with van der Waals surface area (Å²) in [7, 11) is 0. The van der Waals surface area contributed by atoms with E-state index in [1.807, 2.05) is 0 Å². The SMILES string of the molecule is O=C(Nc1cc(Cl)ccc1N1CCN(C(=O)C(F)(F)F)CC1)c1ccc(Cl)c([N+](=O)[O-])c1. The molecule has 2 aromatic carbocycles. The largest absolute Gasteiger partial charge is 0.471 e. The first-order valence-electron chi connectivity index (χ1n) is 9.13. The third-order valence-electron chi connectivity index (χ3n) is 4.76. The Balaban J connectivity index is 1.79. The van der Waals surface area contributed by atoms with Crippen LogP contribution in [-0.2, 0) is 4.79 Å². The summed E-state index contributed by atoms with van der Waals surface area (Å²) in [4.78, 5) is 36.9. The normalized spacial score (nSPS) is 14.3. The van der Waals surface area contributed by atoms with Gasteiger partial charge in [-0.3, -0.25) is 19.7 Å². The Bertz CT molecular complexity index is 1070. The number of hydrogen-bond acceptors (Lipinski definition) is 5. The van der Waals surface area contributed by atoms with Crippen LogP contribution in [0, 0.1) is 10.1 Å². The van der Waals surface area contributed by atoms with E-state index in [9.17, 15) is 32.9 Å². The van der Waals surface area contributed by atoms with Gasteiger partial charge in [-0.2, -0.15) is 13.2 Å². The number of piperazine rings is 1. The maximum atomic E-state index is 12.7. The van der Waals surface area contributed by atoms with Gasteiger partial charge in [0.25, 0.3) is 11.6 Å². The number of nitro benzene ring substituents is 1. The molecule has 1 aliphatic heterocycles. The fourth-order valence-corrected chi connectivity index (χ4v) is 3.56. The second-order valence-electron chi connectivity index (χ2n) is 6.82. The Kier molecular flexibility index (Phi) is 6.79. The molecule has 170 valence electrons. The maximum absolute atomic E-state index is 12.7. The minimum absolute atomic E-state index is 0.0207. The van der Waals surface area contributed by atoms with Gasteiger partial charge in [0.2, 0.25) is 0 Å². The highest BCUT2D eigenvalue weighted by atomic mass is 35.5. The molecule has 1 heterocycles. The van der Waals surface area contributed by atoms with Crippen LogP contribution in [0.3, 0.4) is 0 Å². The van der Waals surface area contributed by atoms with Crippen LogP contribution < -0.4 is 10.2 Å². The van der Waals surface area contributed by atoms with Crippen LogP contribution in [0.15, 0.2) is 36.4 Å². The maximum Gasteiger partial charge on any atom is 0.471 e. The Labute approximate surface area is 189 Å². The number of benzene rings is 2. The average molecular weight is 491 g/mol. The van der Waals surface area contributed by atoms with Gasteiger partial charge in [0.05, 0.1) is 16.3 Å². The number of nitrogens with zero attached hydrogens (tertiary/aromatic N) is 3. The Hall–Kier alpha value is -3.05. The summed E-state index contributed by atoms with van der Waals surface area (Å²) in [5, 5.41) is 13.8. The predicted octanol–water partition coefficient (Wildman–Crippen LogP) is 4.36. The minimum atomic E-state index is -4.94. The monoisotopic (exact) mass is 490 g/mol. The van der Waals surface area contributed by atoms with Gasteiger partial charge in [-0.1, -0.05) is 23.2 Å². The number of halogens is 5. The lowest BCUT2D eigenvalue weighted by molar-refractivity contribution is -0.384. The van der Waals surface area contributed by atoms with Crippen molar-refractivity contribution in [3.8, 4) is 0 Å². The van der Waals surface area contributed by atoms with E-state index in [0.29, 0.717) is 5.69 Å². The van der Waals surface area contributed by atoms with Crippen LogP contribution in [0.25, 0.3) is 0 Å². The van der Waals surface area contributed by atoms with Crippen molar-refractivity contribution in [3.63, 3.8) is 0 Å². The molecule has 3 rings (SSSR count). The van der Waals surface area contributed by atoms with Crippen LogP contribution in [0.4, 0.5) is 30.2 Å². The molecule has 0 bridgehead atoms. The van der Waals surface area contributed by atoms with Crippen LogP contribution in [0.1, 0.15) is 10.4 Å². The lowest BCUT2D eigenvalue weighted by Crippen LogP contribution is -2.52. The summed E-state index contributed by atoms with van der Waals surface area (Å²) in [6.45, 7) is -0.118. The molecule has 1 saturated heterocycles. The molecule has 0 atom stereocenters. The van der Waals surface area contributed by atoms with E-state index in [4.69, 9.17) is 23.2 Å². The third kappa shape index (κ3) is 5.22. The molecule has 1 aliphatic rings. The lowest BCUT2D eigenvalue weighted by atomic mass is 10.1. The van der Waals surface area contributed by atoms with Crippen molar-refractivity contribution in [3.05, 3.63) is 62.1 Å². The molecule has 0 aromatic heterocycles. The Morgan fingerprint density at radius 1 is 1.03 bits per heavy atom. The number of alkyl halides is 3. The zero-order valence-electron chi connectivity index (χ0n) is 16.2. The molecular formula is C19H15Cl2F3N4O4. The van der Waals surface area contributed by atoms with E-state index in [1.165, 1.54) is 18.2 Å². The van der Waals surface area contributed by atoms with Crippen molar-refractivity contribution < 1.29 is 27.7 Å². The zero-order chi connectivity index (χ0) is 23.6. The first kappa shape index (κ1) is 23.6. The number of nitrogens with one attached hydrogen (secondary N) is 1. The second-order valence-corrected chi connectivity index (χ2v) is 7.66. The van der Waals surface area contributed by atoms with Gasteiger partial charge >= 0.3 is 12.1 Å². The number of amides is 2. The molecular weight excluding hydrogens is 476 g/mol. The standard InChI is InChI=1S/C19H15Cl2F3N4O4/c20-12-2-4-15(26-5-7-27(8-6-26)18(30)19(22,23)24)14(10-12)25-17(29)11-1-3-13(21)16(9-11)28(31)32/h1-4,9-10H,5-8H2,(H,25,29). The summed E-state index contributed by atoms with van der Waals surface area (Å²) >= 11 is 11.8. The fraction of sp³-hybridized carbons (Fsp3) is 0.263. The summed E-state index contributed by atoms with van der Waals surface area (Å²) in [6, 6.07) is 8.16. The number of carbonyl (C=O) groups is 2. The summed E-state index contributed by atoms with van der Waals surface area (Å²) in [5.74, 6) is -2.56. The molecule has 0 radical (unpaired) electrons. The highest BCUT2D eigenvalue weighted by Gasteiger charge is 2.43. The summed E-state index contributed by atoms with van der Waals surface area (Å²) < 4.78 is 38.0. The third-order valence-corrected chi connectivity index (χ3v) is 5.32. The van der Waals surface area contributed by atoms with Crippen LogP contribution in [0.2, 0.25) is 10.0 Å². The number of rotatable bonds is 4. The summed E-state index contributed by atoms with van der Waals surface area (Å²) in [6.07, 6.45) is -4.94. The van der Waals surface area contributed by atoms with Gasteiger partial charge in [-0.05, 0) is 30.3 Å². The van der Waals surface area contributed by atoms with E-state index in [1.54, 1.807) is 17.0 Å². The highest BCUT2D eigenvalue weighted by Crippen LogP contribution is 2.32. The smallest absolute Gasteiger partial charge is 0.366 e.